The number of hydrogen-bond acceptors (Lipinski definition) is 3. The van der Waals surface area contributed by atoms with Crippen LogP contribution in [0.3, 0.4) is 0 Å². The first-order valence-corrected chi connectivity index (χ1v) is 14.8. The minimum atomic E-state index is -2.12. The Morgan fingerprint density at radius 1 is 0.880 bits per heavy atom. The standard InChI is InChI=1S/C20H36O3Si2/c1-15-14-16(18(21)23-25(10,11)20(5,6)7)12-13-17(15)22-24(8,9)19(2,3)4/h12-14H,1-11H3. The van der Waals surface area contributed by atoms with E-state index in [2.05, 4.69) is 67.7 Å². The number of carbonyl (C=O) groups is 1. The molecule has 0 aliphatic carbocycles. The van der Waals surface area contributed by atoms with E-state index in [-0.39, 0.29) is 16.0 Å². The van der Waals surface area contributed by atoms with E-state index < -0.39 is 16.6 Å². The van der Waals surface area contributed by atoms with Gasteiger partial charge in [0.05, 0.1) is 5.56 Å². The molecule has 0 N–H and O–H groups in total. The summed E-state index contributed by atoms with van der Waals surface area (Å²) in [5, 5.41) is 0.141. The van der Waals surface area contributed by atoms with Crippen molar-refractivity contribution in [2.45, 2.75) is 84.7 Å². The number of rotatable bonds is 4. The lowest BCUT2D eigenvalue weighted by Crippen LogP contribution is -2.44. The second-order valence-electron chi connectivity index (χ2n) is 9.99. The Morgan fingerprint density at radius 2 is 1.36 bits per heavy atom. The molecule has 0 saturated carbocycles. The second kappa shape index (κ2) is 6.91. The van der Waals surface area contributed by atoms with Gasteiger partial charge in [-0.15, -0.1) is 0 Å². The van der Waals surface area contributed by atoms with E-state index >= 15 is 0 Å². The van der Waals surface area contributed by atoms with Crippen LogP contribution in [0.5, 0.6) is 5.75 Å². The molecule has 0 amide bonds. The van der Waals surface area contributed by atoms with E-state index in [4.69, 9.17) is 8.85 Å². The molecule has 0 bridgehead atoms. The molecule has 1 aromatic carbocycles. The van der Waals surface area contributed by atoms with Crippen molar-refractivity contribution < 1.29 is 13.6 Å². The van der Waals surface area contributed by atoms with E-state index in [1.54, 1.807) is 0 Å². The third-order valence-corrected chi connectivity index (χ3v) is 14.4. The molecule has 0 heterocycles. The number of benzene rings is 1. The summed E-state index contributed by atoms with van der Waals surface area (Å²) in [5.41, 5.74) is 1.58. The Balaban J connectivity index is 3.02. The quantitative estimate of drug-likeness (QED) is 0.556. The molecule has 0 fully saturated rings. The summed E-state index contributed by atoms with van der Waals surface area (Å²) in [6, 6.07) is 5.63. The molecule has 0 aromatic heterocycles. The van der Waals surface area contributed by atoms with Gasteiger partial charge in [-0.05, 0) is 67.0 Å². The lowest BCUT2D eigenvalue weighted by atomic mass is 10.1. The van der Waals surface area contributed by atoms with Crippen molar-refractivity contribution in [3.8, 4) is 5.75 Å². The zero-order chi connectivity index (χ0) is 19.8. The number of carbonyl (C=O) groups excluding carboxylic acids is 1. The molecule has 0 atom stereocenters. The van der Waals surface area contributed by atoms with Crippen LogP contribution in [0, 0.1) is 6.92 Å². The highest BCUT2D eigenvalue weighted by atomic mass is 28.4. The van der Waals surface area contributed by atoms with E-state index in [1.165, 1.54) is 0 Å². The van der Waals surface area contributed by atoms with Crippen LogP contribution in [0.2, 0.25) is 36.3 Å². The van der Waals surface area contributed by atoms with Gasteiger partial charge in [0.25, 0.3) is 8.32 Å². The summed E-state index contributed by atoms with van der Waals surface area (Å²) in [4.78, 5) is 12.6. The first-order chi connectivity index (χ1) is 11.0. The maximum Gasteiger partial charge on any atom is 0.324 e. The first-order valence-electron chi connectivity index (χ1n) is 9.01. The molecule has 0 saturated heterocycles. The normalized spacial score (nSPS) is 13.6. The second-order valence-corrected chi connectivity index (χ2v) is 19.4. The summed E-state index contributed by atoms with van der Waals surface area (Å²) in [6.07, 6.45) is 0. The van der Waals surface area contributed by atoms with Gasteiger partial charge in [-0.3, -0.25) is 0 Å². The lowest BCUT2D eigenvalue weighted by Gasteiger charge is -2.37. The topological polar surface area (TPSA) is 35.5 Å². The maximum absolute atomic E-state index is 12.6. The van der Waals surface area contributed by atoms with E-state index in [1.807, 2.05) is 25.1 Å². The average molecular weight is 381 g/mol. The minimum Gasteiger partial charge on any atom is -0.543 e. The van der Waals surface area contributed by atoms with Crippen LogP contribution < -0.4 is 4.43 Å². The molecular formula is C20H36O3Si2. The van der Waals surface area contributed by atoms with Crippen molar-refractivity contribution in [2.24, 2.45) is 0 Å². The fourth-order valence-electron chi connectivity index (χ4n) is 1.76. The Bertz CT molecular complexity index is 635. The summed E-state index contributed by atoms with van der Waals surface area (Å²) in [5.74, 6) is 0.643. The molecule has 1 rings (SSSR count). The minimum absolute atomic E-state index is 0.00306. The van der Waals surface area contributed by atoms with Crippen LogP contribution in [-0.4, -0.2) is 22.6 Å². The van der Waals surface area contributed by atoms with Crippen molar-refractivity contribution in [1.29, 1.82) is 0 Å². The highest BCUT2D eigenvalue weighted by Crippen LogP contribution is 2.39. The lowest BCUT2D eigenvalue weighted by molar-refractivity contribution is 0.0712. The fraction of sp³-hybridized carbons (Fsp3) is 0.650. The van der Waals surface area contributed by atoms with Gasteiger partial charge in [0.15, 0.2) is 0 Å². The molecule has 3 nitrogen and oxygen atoms in total. The SMILES string of the molecule is Cc1cc(C(=O)O[Si](C)(C)C(C)(C)C)ccc1O[Si](C)(C)C(C)(C)C. The van der Waals surface area contributed by atoms with E-state index in [0.29, 0.717) is 5.56 Å². The first kappa shape index (κ1) is 22.0. The zero-order valence-corrected chi connectivity index (χ0v) is 20.0. The maximum atomic E-state index is 12.6. The Hall–Kier alpha value is -1.08. The van der Waals surface area contributed by atoms with Crippen LogP contribution >= 0.6 is 0 Å². The van der Waals surface area contributed by atoms with Crippen LogP contribution in [-0.2, 0) is 4.43 Å². The van der Waals surface area contributed by atoms with Gasteiger partial charge in [-0.1, -0.05) is 41.5 Å². The van der Waals surface area contributed by atoms with Crippen molar-refractivity contribution in [3.63, 3.8) is 0 Å². The van der Waals surface area contributed by atoms with Gasteiger partial charge >= 0.3 is 5.97 Å². The van der Waals surface area contributed by atoms with Crippen molar-refractivity contribution in [2.75, 3.05) is 0 Å². The molecule has 0 spiro atoms. The molecule has 1 aromatic rings. The van der Waals surface area contributed by atoms with E-state index in [9.17, 15) is 4.79 Å². The summed E-state index contributed by atoms with van der Waals surface area (Å²) in [7, 11) is -4.01. The van der Waals surface area contributed by atoms with Crippen molar-refractivity contribution in [3.05, 3.63) is 29.3 Å². The Morgan fingerprint density at radius 3 is 1.76 bits per heavy atom. The highest BCUT2D eigenvalue weighted by Gasteiger charge is 2.41. The van der Waals surface area contributed by atoms with Gasteiger partial charge in [-0.2, -0.15) is 0 Å². The molecular weight excluding hydrogens is 344 g/mol. The predicted molar refractivity (Wildman–Crippen MR) is 112 cm³/mol. The van der Waals surface area contributed by atoms with Gasteiger partial charge in [0, 0.05) is 0 Å². The van der Waals surface area contributed by atoms with Crippen LogP contribution in [0.25, 0.3) is 0 Å². The summed E-state index contributed by atoms with van der Waals surface area (Å²) < 4.78 is 12.3. The average Bonchev–Trinajstić information content (AvgIpc) is 2.37. The third kappa shape index (κ3) is 5.20. The van der Waals surface area contributed by atoms with Gasteiger partial charge < -0.3 is 8.85 Å². The smallest absolute Gasteiger partial charge is 0.324 e. The van der Waals surface area contributed by atoms with Gasteiger partial charge in [0.1, 0.15) is 5.75 Å². The molecule has 0 radical (unpaired) electrons. The highest BCUT2D eigenvalue weighted by molar-refractivity contribution is 6.75. The molecule has 0 aliphatic heterocycles. The Labute approximate surface area is 156 Å². The summed E-state index contributed by atoms with van der Waals surface area (Å²) >= 11 is 0. The van der Waals surface area contributed by atoms with Gasteiger partial charge in [0.2, 0.25) is 8.32 Å². The monoisotopic (exact) mass is 380 g/mol. The van der Waals surface area contributed by atoms with E-state index in [0.717, 1.165) is 11.3 Å². The predicted octanol–water partition coefficient (Wildman–Crippen LogP) is 6.54. The van der Waals surface area contributed by atoms with Crippen molar-refractivity contribution >= 4 is 22.6 Å². The largest absolute Gasteiger partial charge is 0.543 e. The third-order valence-electron chi connectivity index (χ3n) is 5.74. The van der Waals surface area contributed by atoms with Crippen molar-refractivity contribution in [1.82, 2.24) is 0 Å². The Kier molecular flexibility index (Phi) is 6.07. The molecule has 25 heavy (non-hydrogen) atoms. The zero-order valence-electron chi connectivity index (χ0n) is 18.0. The summed E-state index contributed by atoms with van der Waals surface area (Å²) in [6.45, 7) is 23.7. The molecule has 142 valence electrons. The molecule has 0 aliphatic rings. The van der Waals surface area contributed by atoms with Gasteiger partial charge in [-0.25, -0.2) is 4.79 Å². The number of hydrogen-bond donors (Lipinski definition) is 0. The fourth-order valence-corrected chi connectivity index (χ4v) is 3.74. The van der Waals surface area contributed by atoms with Crippen LogP contribution in [0.15, 0.2) is 18.2 Å². The number of aryl methyl sites for hydroxylation is 1. The molecule has 5 heteroatoms. The molecule has 0 unspecified atom stereocenters. The van der Waals surface area contributed by atoms with Crippen LogP contribution in [0.4, 0.5) is 0 Å². The van der Waals surface area contributed by atoms with Crippen LogP contribution in [0.1, 0.15) is 57.5 Å².